The van der Waals surface area contributed by atoms with E-state index in [0.717, 1.165) is 31.9 Å². The quantitative estimate of drug-likeness (QED) is 0.694. The zero-order valence-corrected chi connectivity index (χ0v) is 18.8. The van der Waals surface area contributed by atoms with Crippen molar-refractivity contribution in [1.82, 2.24) is 9.29 Å². The van der Waals surface area contributed by atoms with E-state index in [1.54, 1.807) is 30.7 Å². The topological polar surface area (TPSA) is 77.4 Å². The van der Waals surface area contributed by atoms with Gasteiger partial charge in [-0.3, -0.25) is 4.79 Å². The van der Waals surface area contributed by atoms with Crippen molar-refractivity contribution in [2.75, 3.05) is 12.9 Å². The first-order valence-electron chi connectivity index (χ1n) is 10.6. The molecule has 30 heavy (non-hydrogen) atoms. The second-order valence-electron chi connectivity index (χ2n) is 8.37. The summed E-state index contributed by atoms with van der Waals surface area (Å²) in [6.07, 6.45) is 7.02. The van der Waals surface area contributed by atoms with Crippen LogP contribution in [-0.2, 0) is 14.8 Å². The summed E-state index contributed by atoms with van der Waals surface area (Å²) in [7, 11) is -3.40. The molecule has 0 spiro atoms. The second kappa shape index (κ2) is 9.90. The van der Waals surface area contributed by atoms with Crippen LogP contribution in [0.3, 0.4) is 0 Å². The van der Waals surface area contributed by atoms with E-state index in [9.17, 15) is 13.2 Å². The van der Waals surface area contributed by atoms with Crippen LogP contribution in [-0.4, -0.2) is 38.0 Å². The molecular weight excluding hydrogens is 400 g/mol. The maximum atomic E-state index is 12.7. The van der Waals surface area contributed by atoms with Crippen molar-refractivity contribution >= 4 is 10.0 Å². The first-order chi connectivity index (χ1) is 14.2. The summed E-state index contributed by atoms with van der Waals surface area (Å²) in [5, 5.41) is 0. The Bertz CT molecular complexity index is 980. The van der Waals surface area contributed by atoms with Crippen molar-refractivity contribution in [2.45, 2.75) is 63.6 Å². The van der Waals surface area contributed by atoms with Gasteiger partial charge in [0, 0.05) is 17.8 Å². The van der Waals surface area contributed by atoms with Crippen molar-refractivity contribution in [2.24, 2.45) is 0 Å². The smallest absolute Gasteiger partial charge is 0.253 e. The zero-order chi connectivity index (χ0) is 21.7. The molecule has 1 fully saturated rings. The molecule has 0 unspecified atom stereocenters. The minimum atomic E-state index is -3.40. The average molecular weight is 433 g/mol. The summed E-state index contributed by atoms with van der Waals surface area (Å²) in [4.78, 5) is 12.7. The number of nitrogens with one attached hydrogen (secondary N) is 1. The van der Waals surface area contributed by atoms with Crippen LogP contribution in [0.2, 0.25) is 0 Å². The Morgan fingerprint density at radius 1 is 1.10 bits per heavy atom. The van der Waals surface area contributed by atoms with Crippen LogP contribution in [0.4, 0.5) is 0 Å². The highest BCUT2D eigenvalue weighted by Crippen LogP contribution is 2.34. The number of hydrogen-bond acceptors (Lipinski definition) is 4. The van der Waals surface area contributed by atoms with Gasteiger partial charge in [0.2, 0.25) is 10.0 Å². The van der Waals surface area contributed by atoms with Crippen LogP contribution < -0.4 is 10.3 Å². The summed E-state index contributed by atoms with van der Waals surface area (Å²) in [6.45, 7) is 3.82. The Kier molecular flexibility index (Phi) is 7.50. The molecule has 1 aliphatic rings. The fourth-order valence-electron chi connectivity index (χ4n) is 4.29. The largest absolute Gasteiger partial charge is 0.376 e. The van der Waals surface area contributed by atoms with Crippen LogP contribution in [0.5, 0.6) is 0 Å². The van der Waals surface area contributed by atoms with E-state index in [1.165, 1.54) is 5.56 Å². The molecule has 1 aliphatic carbocycles. The molecule has 1 saturated carbocycles. The number of pyridine rings is 1. The maximum absolute atomic E-state index is 12.7. The zero-order valence-electron chi connectivity index (χ0n) is 18.0. The molecule has 2 aromatic rings. The van der Waals surface area contributed by atoms with Gasteiger partial charge >= 0.3 is 0 Å². The fourth-order valence-corrected chi connectivity index (χ4v) is 5.12. The van der Waals surface area contributed by atoms with Crippen LogP contribution >= 0.6 is 0 Å². The van der Waals surface area contributed by atoms with Gasteiger partial charge in [0.1, 0.15) is 0 Å². The summed E-state index contributed by atoms with van der Waals surface area (Å²) in [6, 6.07) is 13.3. The highest BCUT2D eigenvalue weighted by atomic mass is 32.2. The lowest BCUT2D eigenvalue weighted by Crippen LogP contribution is -2.44. The number of nitrogens with zero attached hydrogens (tertiary/aromatic N) is 1. The van der Waals surface area contributed by atoms with Gasteiger partial charge in [-0.05, 0) is 57.1 Å². The van der Waals surface area contributed by atoms with Crippen LogP contribution in [0, 0.1) is 6.92 Å². The van der Waals surface area contributed by atoms with Crippen molar-refractivity contribution in [3.05, 3.63) is 70.1 Å². The summed E-state index contributed by atoms with van der Waals surface area (Å²) >= 11 is 0. The highest BCUT2D eigenvalue weighted by Gasteiger charge is 2.27. The Morgan fingerprint density at radius 2 is 1.77 bits per heavy atom. The molecule has 0 amide bonds. The van der Waals surface area contributed by atoms with Gasteiger partial charge in [0.05, 0.1) is 25.0 Å². The van der Waals surface area contributed by atoms with E-state index in [4.69, 9.17) is 4.74 Å². The number of ether oxygens (including phenoxy) is 1. The monoisotopic (exact) mass is 432 g/mol. The normalized spacial score (nSPS) is 21.8. The van der Waals surface area contributed by atoms with Gasteiger partial charge in [0.15, 0.2) is 0 Å². The molecule has 0 aliphatic heterocycles. The van der Waals surface area contributed by atoms with E-state index in [1.807, 2.05) is 12.1 Å². The van der Waals surface area contributed by atoms with E-state index < -0.39 is 22.1 Å². The molecular formula is C23H32N2O4S. The lowest BCUT2D eigenvalue weighted by molar-refractivity contribution is 0.00239. The summed E-state index contributed by atoms with van der Waals surface area (Å²) in [5.74, 6) is 0.562. The predicted molar refractivity (Wildman–Crippen MR) is 119 cm³/mol. The lowest BCUT2D eigenvalue weighted by Gasteiger charge is -2.32. The fraction of sp³-hybridized carbons (Fsp3) is 0.522. The molecule has 1 heterocycles. The van der Waals surface area contributed by atoms with Gasteiger partial charge in [-0.25, -0.2) is 13.1 Å². The third kappa shape index (κ3) is 6.03. The highest BCUT2D eigenvalue weighted by molar-refractivity contribution is 7.88. The molecule has 1 N–H and O–H groups in total. The standard InChI is InChI=1S/C23H32N2O4S/c1-17-8-7-15-25(23(17)26)22(18(2)24-30(3,27)28)16-29-21-13-11-20(12-14-21)19-9-5-4-6-10-19/h4-10,15,18,20-22,24H,11-14,16H2,1-3H3/t18-,20-,21+,22-/m1/s1. The number of rotatable bonds is 8. The third-order valence-electron chi connectivity index (χ3n) is 5.95. The van der Waals surface area contributed by atoms with E-state index in [-0.39, 0.29) is 18.3 Å². The lowest BCUT2D eigenvalue weighted by atomic mass is 9.83. The Hall–Kier alpha value is -1.96. The number of aryl methyl sites for hydroxylation is 1. The molecule has 0 saturated heterocycles. The number of hydrogen-bond donors (Lipinski definition) is 1. The second-order valence-corrected chi connectivity index (χ2v) is 10.1. The first-order valence-corrected chi connectivity index (χ1v) is 12.5. The third-order valence-corrected chi connectivity index (χ3v) is 6.75. The van der Waals surface area contributed by atoms with E-state index >= 15 is 0 Å². The van der Waals surface area contributed by atoms with Crippen molar-refractivity contribution in [3.8, 4) is 0 Å². The predicted octanol–water partition coefficient (Wildman–Crippen LogP) is 3.38. The molecule has 2 atom stereocenters. The molecule has 1 aromatic carbocycles. The van der Waals surface area contributed by atoms with Gasteiger partial charge in [-0.1, -0.05) is 36.4 Å². The van der Waals surface area contributed by atoms with Gasteiger partial charge in [0.25, 0.3) is 5.56 Å². The molecule has 0 radical (unpaired) electrons. The Balaban J connectivity index is 1.67. The van der Waals surface area contributed by atoms with Gasteiger partial charge in [-0.2, -0.15) is 0 Å². The molecule has 164 valence electrons. The molecule has 1 aromatic heterocycles. The van der Waals surface area contributed by atoms with E-state index in [2.05, 4.69) is 29.0 Å². The average Bonchev–Trinajstić information content (AvgIpc) is 2.71. The summed E-state index contributed by atoms with van der Waals surface area (Å²) < 4.78 is 34.0. The molecule has 6 nitrogen and oxygen atoms in total. The maximum Gasteiger partial charge on any atom is 0.253 e. The van der Waals surface area contributed by atoms with Crippen molar-refractivity contribution < 1.29 is 13.2 Å². The van der Waals surface area contributed by atoms with Crippen LogP contribution in [0.1, 0.15) is 55.7 Å². The number of sulfonamides is 1. The Morgan fingerprint density at radius 3 is 2.40 bits per heavy atom. The summed E-state index contributed by atoms with van der Waals surface area (Å²) in [5.41, 5.74) is 1.88. The molecule has 0 bridgehead atoms. The Labute approximate surface area is 179 Å². The van der Waals surface area contributed by atoms with Crippen molar-refractivity contribution in [1.29, 1.82) is 0 Å². The van der Waals surface area contributed by atoms with Crippen LogP contribution in [0.15, 0.2) is 53.5 Å². The van der Waals surface area contributed by atoms with Crippen molar-refractivity contribution in [3.63, 3.8) is 0 Å². The number of benzene rings is 1. The number of aromatic nitrogens is 1. The molecule has 7 heteroatoms. The van der Waals surface area contributed by atoms with Gasteiger partial charge in [-0.15, -0.1) is 0 Å². The first kappa shape index (κ1) is 22.7. The minimum absolute atomic E-state index is 0.124. The van der Waals surface area contributed by atoms with Crippen LogP contribution in [0.25, 0.3) is 0 Å². The SMILES string of the molecule is Cc1cccn([C@H](CO[C@H]2CC[C@@H](c3ccccc3)CC2)[C@@H](C)NS(C)(=O)=O)c1=O. The van der Waals surface area contributed by atoms with Gasteiger partial charge < -0.3 is 9.30 Å². The molecule has 3 rings (SSSR count). The van der Waals surface area contributed by atoms with E-state index in [0.29, 0.717) is 11.5 Å². The minimum Gasteiger partial charge on any atom is -0.376 e.